The number of nitrogens with one attached hydrogen (secondary N) is 2. The van der Waals surface area contributed by atoms with Crippen LogP contribution in [0.4, 0.5) is 0 Å². The number of nitrogens with zero attached hydrogens (tertiary/aromatic N) is 1. The SMILES string of the molecule is COc1ccc(/C=N/NC(=O)/C(=C/c2ccc3c(c2)OCO3)NC(=O)c2ccccc2)c(O)c1. The Morgan fingerprint density at radius 3 is 2.59 bits per heavy atom. The molecule has 0 atom stereocenters. The summed E-state index contributed by atoms with van der Waals surface area (Å²) in [7, 11) is 1.49. The van der Waals surface area contributed by atoms with Crippen molar-refractivity contribution in [2.45, 2.75) is 0 Å². The van der Waals surface area contributed by atoms with Crippen molar-refractivity contribution >= 4 is 24.1 Å². The van der Waals surface area contributed by atoms with Crippen molar-refractivity contribution in [1.82, 2.24) is 10.7 Å². The maximum atomic E-state index is 12.9. The van der Waals surface area contributed by atoms with Crippen LogP contribution in [0.2, 0.25) is 0 Å². The number of hydrazone groups is 1. The van der Waals surface area contributed by atoms with Gasteiger partial charge in [-0.15, -0.1) is 0 Å². The van der Waals surface area contributed by atoms with Crippen LogP contribution in [0.5, 0.6) is 23.0 Å². The fraction of sp³-hybridized carbons (Fsp3) is 0.0800. The number of methoxy groups -OCH3 is 1. The van der Waals surface area contributed by atoms with E-state index in [2.05, 4.69) is 15.8 Å². The smallest absolute Gasteiger partial charge is 0.287 e. The van der Waals surface area contributed by atoms with Gasteiger partial charge in [-0.3, -0.25) is 9.59 Å². The number of carbonyl (C=O) groups excluding carboxylic acids is 2. The van der Waals surface area contributed by atoms with Gasteiger partial charge in [0.25, 0.3) is 11.8 Å². The Hall–Kier alpha value is -4.79. The van der Waals surface area contributed by atoms with Gasteiger partial charge in [0.05, 0.1) is 13.3 Å². The molecule has 3 aromatic carbocycles. The number of fused-ring (bicyclic) bond motifs is 1. The number of hydrogen-bond acceptors (Lipinski definition) is 7. The maximum absolute atomic E-state index is 12.9. The lowest BCUT2D eigenvalue weighted by molar-refractivity contribution is -0.117. The quantitative estimate of drug-likeness (QED) is 0.284. The standard InChI is InChI=1S/C25H21N3O6/c1-32-19-9-8-18(21(29)13-19)14-26-28-25(31)20(27-24(30)17-5-3-2-4-6-17)11-16-7-10-22-23(12-16)34-15-33-22/h2-14,29H,15H2,1H3,(H,27,30)(H,28,31)/b20-11-,26-14+. The number of phenols is 1. The van der Waals surface area contributed by atoms with E-state index >= 15 is 0 Å². The second-order valence-corrected chi connectivity index (χ2v) is 7.11. The minimum atomic E-state index is -0.661. The van der Waals surface area contributed by atoms with E-state index in [9.17, 15) is 14.7 Å². The molecule has 4 rings (SSSR count). The van der Waals surface area contributed by atoms with Gasteiger partial charge in [0, 0.05) is 17.2 Å². The third-order valence-corrected chi connectivity index (χ3v) is 4.84. The summed E-state index contributed by atoms with van der Waals surface area (Å²) >= 11 is 0. The molecule has 3 N–H and O–H groups in total. The van der Waals surface area contributed by atoms with Crippen LogP contribution >= 0.6 is 0 Å². The van der Waals surface area contributed by atoms with Crippen LogP contribution in [-0.4, -0.2) is 37.0 Å². The van der Waals surface area contributed by atoms with Gasteiger partial charge in [-0.2, -0.15) is 5.10 Å². The lowest BCUT2D eigenvalue weighted by Crippen LogP contribution is -2.32. The summed E-state index contributed by atoms with van der Waals surface area (Å²) in [5.74, 6) is 0.434. The van der Waals surface area contributed by atoms with E-state index < -0.39 is 11.8 Å². The Morgan fingerprint density at radius 2 is 1.82 bits per heavy atom. The van der Waals surface area contributed by atoms with E-state index in [0.717, 1.165) is 0 Å². The number of rotatable bonds is 7. The predicted octanol–water partition coefficient (Wildman–Crippen LogP) is 3.05. The Bertz CT molecular complexity index is 1270. The molecule has 3 aromatic rings. The molecule has 172 valence electrons. The summed E-state index contributed by atoms with van der Waals surface area (Å²) in [5, 5.41) is 16.6. The highest BCUT2D eigenvalue weighted by Gasteiger charge is 2.17. The molecule has 0 aromatic heterocycles. The summed E-state index contributed by atoms with van der Waals surface area (Å²) in [6.07, 6.45) is 2.78. The minimum Gasteiger partial charge on any atom is -0.507 e. The van der Waals surface area contributed by atoms with Crippen molar-refractivity contribution in [3.8, 4) is 23.0 Å². The number of benzene rings is 3. The van der Waals surface area contributed by atoms with Crippen LogP contribution in [-0.2, 0) is 4.79 Å². The normalized spacial score (nSPS) is 12.4. The number of hydrogen-bond donors (Lipinski definition) is 3. The van der Waals surface area contributed by atoms with E-state index in [1.807, 2.05) is 0 Å². The fourth-order valence-electron chi connectivity index (χ4n) is 3.09. The first-order valence-electron chi connectivity index (χ1n) is 10.2. The van der Waals surface area contributed by atoms with Gasteiger partial charge < -0.3 is 24.6 Å². The molecule has 0 radical (unpaired) electrons. The van der Waals surface area contributed by atoms with Crippen LogP contribution in [0.15, 0.2) is 77.5 Å². The van der Waals surface area contributed by atoms with Crippen molar-refractivity contribution in [1.29, 1.82) is 0 Å². The lowest BCUT2D eigenvalue weighted by Gasteiger charge is -2.09. The second kappa shape index (κ2) is 10.2. The monoisotopic (exact) mass is 459 g/mol. The number of aromatic hydroxyl groups is 1. The minimum absolute atomic E-state index is 0.0381. The number of carbonyl (C=O) groups is 2. The van der Waals surface area contributed by atoms with Gasteiger partial charge in [-0.05, 0) is 48.0 Å². The van der Waals surface area contributed by atoms with Crippen LogP contribution in [0, 0.1) is 0 Å². The molecule has 9 heteroatoms. The highest BCUT2D eigenvalue weighted by atomic mass is 16.7. The molecular formula is C25H21N3O6. The van der Waals surface area contributed by atoms with Gasteiger partial charge >= 0.3 is 0 Å². The third kappa shape index (κ3) is 5.33. The van der Waals surface area contributed by atoms with Crippen LogP contribution in [0.1, 0.15) is 21.5 Å². The summed E-state index contributed by atoms with van der Waals surface area (Å²) in [6, 6.07) is 18.3. The summed E-state index contributed by atoms with van der Waals surface area (Å²) < 4.78 is 15.7. The van der Waals surface area contributed by atoms with E-state index in [0.29, 0.717) is 33.9 Å². The fourth-order valence-corrected chi connectivity index (χ4v) is 3.09. The molecule has 2 amide bonds. The molecule has 0 saturated carbocycles. The zero-order valence-electron chi connectivity index (χ0n) is 18.1. The van der Waals surface area contributed by atoms with Crippen molar-refractivity contribution in [3.05, 3.63) is 89.1 Å². The van der Waals surface area contributed by atoms with Crippen molar-refractivity contribution in [2.75, 3.05) is 13.9 Å². The Kier molecular flexibility index (Phi) is 6.73. The van der Waals surface area contributed by atoms with Gasteiger partial charge in [0.1, 0.15) is 17.2 Å². The first-order chi connectivity index (χ1) is 16.5. The average molecular weight is 459 g/mol. The summed E-state index contributed by atoms with van der Waals surface area (Å²) in [4.78, 5) is 25.6. The molecule has 9 nitrogen and oxygen atoms in total. The molecule has 0 unspecified atom stereocenters. The molecular weight excluding hydrogens is 438 g/mol. The predicted molar refractivity (Wildman–Crippen MR) is 125 cm³/mol. The van der Waals surface area contributed by atoms with E-state index in [1.165, 1.54) is 25.5 Å². The molecule has 0 bridgehead atoms. The lowest BCUT2D eigenvalue weighted by atomic mass is 10.1. The zero-order valence-corrected chi connectivity index (χ0v) is 18.1. The first kappa shape index (κ1) is 22.4. The van der Waals surface area contributed by atoms with Crippen LogP contribution < -0.4 is 25.0 Å². The highest BCUT2D eigenvalue weighted by Crippen LogP contribution is 2.33. The molecule has 34 heavy (non-hydrogen) atoms. The third-order valence-electron chi connectivity index (χ3n) is 4.84. The largest absolute Gasteiger partial charge is 0.507 e. The van der Waals surface area contributed by atoms with Gasteiger partial charge in [0.15, 0.2) is 11.5 Å². The Balaban J connectivity index is 1.55. The summed E-state index contributed by atoms with van der Waals surface area (Å²) in [6.45, 7) is 0.119. The van der Waals surface area contributed by atoms with Gasteiger partial charge in [-0.25, -0.2) is 5.43 Å². The van der Waals surface area contributed by atoms with Crippen molar-refractivity contribution < 1.29 is 28.9 Å². The molecule has 1 aliphatic heterocycles. The van der Waals surface area contributed by atoms with Crippen molar-refractivity contribution in [2.24, 2.45) is 5.10 Å². The second-order valence-electron chi connectivity index (χ2n) is 7.11. The molecule has 0 aliphatic carbocycles. The van der Waals surface area contributed by atoms with Crippen molar-refractivity contribution in [3.63, 3.8) is 0 Å². The van der Waals surface area contributed by atoms with Crippen LogP contribution in [0.3, 0.4) is 0 Å². The maximum Gasteiger partial charge on any atom is 0.287 e. The Morgan fingerprint density at radius 1 is 1.03 bits per heavy atom. The van der Waals surface area contributed by atoms with Crippen LogP contribution in [0.25, 0.3) is 6.08 Å². The van der Waals surface area contributed by atoms with Gasteiger partial charge in [-0.1, -0.05) is 24.3 Å². The number of amides is 2. The zero-order chi connectivity index (χ0) is 23.9. The van der Waals surface area contributed by atoms with E-state index in [-0.39, 0.29) is 18.2 Å². The topological polar surface area (TPSA) is 118 Å². The number of phenolic OH excluding ortho intramolecular Hbond substituents is 1. The number of ether oxygens (including phenoxy) is 3. The molecule has 1 heterocycles. The van der Waals surface area contributed by atoms with Gasteiger partial charge in [0.2, 0.25) is 6.79 Å². The molecule has 0 spiro atoms. The molecule has 0 fully saturated rings. The molecule has 1 aliphatic rings. The van der Waals surface area contributed by atoms with E-state index in [1.54, 1.807) is 60.7 Å². The highest BCUT2D eigenvalue weighted by molar-refractivity contribution is 6.05. The van der Waals surface area contributed by atoms with E-state index in [4.69, 9.17) is 14.2 Å². The first-order valence-corrected chi connectivity index (χ1v) is 10.2. The summed E-state index contributed by atoms with van der Waals surface area (Å²) in [5.41, 5.74) is 3.70. The Labute approximate surface area is 195 Å². The molecule has 0 saturated heterocycles. The average Bonchev–Trinajstić information content (AvgIpc) is 3.33.